The Kier molecular flexibility index (Phi) is 5.37. The van der Waals surface area contributed by atoms with Gasteiger partial charge in [-0.3, -0.25) is 4.79 Å². The Bertz CT molecular complexity index is 1350. The topological polar surface area (TPSA) is 81.4 Å². The molecule has 1 saturated carbocycles. The Morgan fingerprint density at radius 2 is 1.78 bits per heavy atom. The van der Waals surface area contributed by atoms with Crippen molar-refractivity contribution in [3.63, 3.8) is 0 Å². The zero-order valence-corrected chi connectivity index (χ0v) is 17.8. The molecule has 160 valence electrons. The highest BCUT2D eigenvalue weighted by Crippen LogP contribution is 2.34. The van der Waals surface area contributed by atoms with E-state index in [0.29, 0.717) is 28.0 Å². The molecule has 0 atom stereocenters. The second kappa shape index (κ2) is 8.48. The van der Waals surface area contributed by atoms with Gasteiger partial charge in [-0.2, -0.15) is 0 Å². The highest BCUT2D eigenvalue weighted by Gasteiger charge is 2.21. The number of nitrogens with one attached hydrogen (secondary N) is 1. The lowest BCUT2D eigenvalue weighted by Crippen LogP contribution is -2.40. The van der Waals surface area contributed by atoms with Crippen LogP contribution in [0.25, 0.3) is 33.4 Å². The normalized spacial score (nSPS) is 13.5. The Morgan fingerprint density at radius 1 is 1.03 bits per heavy atom. The summed E-state index contributed by atoms with van der Waals surface area (Å²) in [6.45, 7) is 0. The molecule has 0 saturated heterocycles. The lowest BCUT2D eigenvalue weighted by Gasteiger charge is -2.25. The van der Waals surface area contributed by atoms with E-state index < -0.39 is 6.09 Å². The molecule has 6 nitrogen and oxygen atoms in total. The van der Waals surface area contributed by atoms with Crippen molar-refractivity contribution in [2.24, 2.45) is 0 Å². The molecule has 7 heteroatoms. The number of carbonyl (C=O) groups excluding carboxylic acids is 1. The molecule has 4 aromatic rings. The van der Waals surface area contributed by atoms with E-state index in [1.54, 1.807) is 30.3 Å². The minimum Gasteiger partial charge on any atom is -0.452 e. The van der Waals surface area contributed by atoms with E-state index >= 15 is 0 Å². The van der Waals surface area contributed by atoms with Gasteiger partial charge >= 0.3 is 6.09 Å². The van der Waals surface area contributed by atoms with Crippen molar-refractivity contribution in [1.82, 2.24) is 10.3 Å². The third kappa shape index (κ3) is 3.85. The summed E-state index contributed by atoms with van der Waals surface area (Å²) in [7, 11) is 0. The van der Waals surface area contributed by atoms with Crippen LogP contribution >= 0.6 is 11.6 Å². The fourth-order valence-corrected chi connectivity index (χ4v) is 3.89. The lowest BCUT2D eigenvalue weighted by atomic mass is 9.93. The van der Waals surface area contributed by atoms with E-state index in [1.807, 2.05) is 30.3 Å². The van der Waals surface area contributed by atoms with Crippen LogP contribution in [-0.4, -0.2) is 17.1 Å². The van der Waals surface area contributed by atoms with Crippen molar-refractivity contribution in [3.05, 3.63) is 82.2 Å². The number of halogens is 1. The number of rotatable bonds is 4. The van der Waals surface area contributed by atoms with E-state index in [-0.39, 0.29) is 22.2 Å². The van der Waals surface area contributed by atoms with Crippen LogP contribution < -0.4 is 15.5 Å². The number of benzene rings is 2. The van der Waals surface area contributed by atoms with Crippen molar-refractivity contribution in [1.29, 1.82) is 0 Å². The molecule has 0 unspecified atom stereocenters. The largest absolute Gasteiger partial charge is 0.452 e. The minimum absolute atomic E-state index is 0.129. The first-order chi connectivity index (χ1) is 15.6. The van der Waals surface area contributed by atoms with Gasteiger partial charge in [0.2, 0.25) is 5.43 Å². The zero-order valence-electron chi connectivity index (χ0n) is 17.0. The number of carbonyl (C=O) groups is 1. The Balaban J connectivity index is 1.56. The number of aromatic nitrogens is 1. The van der Waals surface area contributed by atoms with Gasteiger partial charge in [0, 0.05) is 17.8 Å². The summed E-state index contributed by atoms with van der Waals surface area (Å²) in [5, 5.41) is 3.31. The fraction of sp³-hybridized carbons (Fsp3) is 0.160. The summed E-state index contributed by atoms with van der Waals surface area (Å²) in [6.07, 6.45) is 4.09. The van der Waals surface area contributed by atoms with Gasteiger partial charge in [0.15, 0.2) is 10.7 Å². The van der Waals surface area contributed by atoms with Gasteiger partial charge in [-0.05, 0) is 43.0 Å². The monoisotopic (exact) mass is 446 g/mol. The van der Waals surface area contributed by atoms with Gasteiger partial charge in [-0.1, -0.05) is 54.1 Å². The average molecular weight is 447 g/mol. The number of pyridine rings is 1. The number of amides is 1. The smallest absolute Gasteiger partial charge is 0.412 e. The van der Waals surface area contributed by atoms with E-state index in [1.165, 1.54) is 6.20 Å². The van der Waals surface area contributed by atoms with Crippen molar-refractivity contribution in [3.8, 4) is 28.2 Å². The van der Waals surface area contributed by atoms with Crippen LogP contribution in [0.3, 0.4) is 0 Å². The molecule has 5 rings (SSSR count). The highest BCUT2D eigenvalue weighted by atomic mass is 35.5. The quantitative estimate of drug-likeness (QED) is 0.399. The molecule has 0 bridgehead atoms. The summed E-state index contributed by atoms with van der Waals surface area (Å²) in [5.74, 6) is 0.790. The van der Waals surface area contributed by atoms with Gasteiger partial charge in [0.25, 0.3) is 0 Å². The van der Waals surface area contributed by atoms with Gasteiger partial charge in [0.05, 0.1) is 10.9 Å². The van der Waals surface area contributed by atoms with Crippen molar-refractivity contribution < 1.29 is 13.9 Å². The molecule has 2 aromatic heterocycles. The molecule has 0 spiro atoms. The maximum Gasteiger partial charge on any atom is 0.412 e. The number of ether oxygens (including phenoxy) is 1. The predicted molar refractivity (Wildman–Crippen MR) is 123 cm³/mol. The van der Waals surface area contributed by atoms with Crippen LogP contribution in [0, 0.1) is 0 Å². The molecule has 1 amide bonds. The SMILES string of the molecule is O=C(NC1CCC1)Oc1ccc(-c2c(-c3ccccc3)oc3c(Cl)nccc3c2=O)cc1. The second-order valence-corrected chi connectivity index (χ2v) is 8.02. The first-order valence-electron chi connectivity index (χ1n) is 10.4. The summed E-state index contributed by atoms with van der Waals surface area (Å²) < 4.78 is 11.5. The van der Waals surface area contributed by atoms with Crippen LogP contribution in [0.4, 0.5) is 4.79 Å². The van der Waals surface area contributed by atoms with E-state index in [4.69, 9.17) is 20.8 Å². The van der Waals surface area contributed by atoms with Gasteiger partial charge < -0.3 is 14.5 Å². The highest BCUT2D eigenvalue weighted by molar-refractivity contribution is 6.33. The fourth-order valence-electron chi connectivity index (χ4n) is 3.69. The van der Waals surface area contributed by atoms with Gasteiger partial charge in [0.1, 0.15) is 11.5 Å². The average Bonchev–Trinajstić information content (AvgIpc) is 2.78. The summed E-state index contributed by atoms with van der Waals surface area (Å²) in [4.78, 5) is 29.5. The first-order valence-corrected chi connectivity index (χ1v) is 10.7. The predicted octanol–water partition coefficient (Wildman–Crippen LogP) is 5.82. The summed E-state index contributed by atoms with van der Waals surface area (Å²) >= 11 is 6.21. The zero-order chi connectivity index (χ0) is 22.1. The second-order valence-electron chi connectivity index (χ2n) is 7.67. The molecule has 1 N–H and O–H groups in total. The molecule has 1 aliphatic carbocycles. The number of fused-ring (bicyclic) bond motifs is 1. The molecular weight excluding hydrogens is 428 g/mol. The summed E-state index contributed by atoms with van der Waals surface area (Å²) in [5.41, 5.74) is 1.80. The maximum absolute atomic E-state index is 13.5. The lowest BCUT2D eigenvalue weighted by molar-refractivity contribution is 0.188. The third-order valence-electron chi connectivity index (χ3n) is 5.58. The van der Waals surface area contributed by atoms with E-state index in [9.17, 15) is 9.59 Å². The Labute approximate surface area is 188 Å². The summed E-state index contributed by atoms with van der Waals surface area (Å²) in [6, 6.07) is 17.9. The molecule has 2 heterocycles. The minimum atomic E-state index is -0.472. The van der Waals surface area contributed by atoms with E-state index in [0.717, 1.165) is 24.8 Å². The van der Waals surface area contributed by atoms with E-state index in [2.05, 4.69) is 10.3 Å². The van der Waals surface area contributed by atoms with Crippen LogP contribution in [-0.2, 0) is 0 Å². The number of hydrogen-bond acceptors (Lipinski definition) is 5. The van der Waals surface area contributed by atoms with Crippen molar-refractivity contribution >= 4 is 28.7 Å². The van der Waals surface area contributed by atoms with Crippen LogP contribution in [0.1, 0.15) is 19.3 Å². The Hall–Kier alpha value is -3.64. The Morgan fingerprint density at radius 3 is 2.47 bits per heavy atom. The molecular formula is C25H19ClN2O4. The van der Waals surface area contributed by atoms with Crippen LogP contribution in [0.5, 0.6) is 5.75 Å². The number of nitrogens with zero attached hydrogens (tertiary/aromatic N) is 1. The molecule has 1 fully saturated rings. The van der Waals surface area contributed by atoms with Crippen LogP contribution in [0.2, 0.25) is 5.15 Å². The maximum atomic E-state index is 13.5. The molecule has 0 aliphatic heterocycles. The van der Waals surface area contributed by atoms with Crippen LogP contribution in [0.15, 0.2) is 76.1 Å². The molecule has 0 radical (unpaired) electrons. The first kappa shape index (κ1) is 20.3. The van der Waals surface area contributed by atoms with Gasteiger partial charge in [-0.15, -0.1) is 0 Å². The van der Waals surface area contributed by atoms with Crippen molar-refractivity contribution in [2.45, 2.75) is 25.3 Å². The molecule has 32 heavy (non-hydrogen) atoms. The standard InChI is InChI=1S/C25H19ClN2O4/c26-24-23-19(13-14-27-24)21(29)20(22(32-23)16-5-2-1-3-6-16)15-9-11-18(12-10-15)31-25(30)28-17-7-4-8-17/h1-3,5-6,9-14,17H,4,7-8H2,(H,28,30). The van der Waals surface area contributed by atoms with Crippen molar-refractivity contribution in [2.75, 3.05) is 0 Å². The van der Waals surface area contributed by atoms with Gasteiger partial charge in [-0.25, -0.2) is 9.78 Å². The molecule has 1 aliphatic rings. The third-order valence-corrected chi connectivity index (χ3v) is 5.85. The number of hydrogen-bond donors (Lipinski definition) is 1. The molecule has 2 aromatic carbocycles.